The zero-order valence-electron chi connectivity index (χ0n) is 17.3. The molecule has 1 aromatic carbocycles. The van der Waals surface area contributed by atoms with E-state index in [1.54, 1.807) is 19.3 Å². The Hall–Kier alpha value is -3.36. The zero-order chi connectivity index (χ0) is 21.9. The summed E-state index contributed by atoms with van der Waals surface area (Å²) in [6, 6.07) is 3.09. The van der Waals surface area contributed by atoms with Crippen LogP contribution in [0.3, 0.4) is 0 Å². The molecule has 0 unspecified atom stereocenters. The van der Waals surface area contributed by atoms with Crippen molar-refractivity contribution in [2.75, 3.05) is 24.2 Å². The standard InChI is InChI=1S/C21H24F2N6O/c1-21(2,3)5-6-25-20(30)28-17-8-14(15(22)9-16(17)23)12-7-13-11-27-19(24-4)29-18(13)26-10-12/h7-11H,5-6H2,1-4H3,(H2,25,28,30)(H,24,26,27,29). The quantitative estimate of drug-likeness (QED) is 0.569. The molecule has 0 atom stereocenters. The molecule has 0 aliphatic rings. The first-order chi connectivity index (χ1) is 14.2. The molecule has 2 aromatic heterocycles. The molecule has 0 aliphatic heterocycles. The molecule has 0 aliphatic carbocycles. The number of anilines is 2. The average Bonchev–Trinajstić information content (AvgIpc) is 2.68. The first-order valence-corrected chi connectivity index (χ1v) is 9.51. The fourth-order valence-electron chi connectivity index (χ4n) is 2.77. The number of pyridine rings is 1. The second kappa shape index (κ2) is 8.56. The van der Waals surface area contributed by atoms with Gasteiger partial charge in [-0.05, 0) is 24.0 Å². The number of carbonyl (C=O) groups excluding carboxylic acids is 1. The lowest BCUT2D eigenvalue weighted by Crippen LogP contribution is -2.31. The van der Waals surface area contributed by atoms with E-state index in [-0.39, 0.29) is 16.7 Å². The van der Waals surface area contributed by atoms with Gasteiger partial charge >= 0.3 is 6.03 Å². The van der Waals surface area contributed by atoms with E-state index in [0.717, 1.165) is 12.5 Å². The van der Waals surface area contributed by atoms with Crippen LogP contribution in [0.25, 0.3) is 22.2 Å². The van der Waals surface area contributed by atoms with Crippen molar-refractivity contribution >= 4 is 28.7 Å². The molecule has 30 heavy (non-hydrogen) atoms. The summed E-state index contributed by atoms with van der Waals surface area (Å²) < 4.78 is 28.7. The molecule has 2 amide bonds. The Kier molecular flexibility index (Phi) is 6.09. The Morgan fingerprint density at radius 2 is 1.83 bits per heavy atom. The van der Waals surface area contributed by atoms with E-state index >= 15 is 0 Å². The fraction of sp³-hybridized carbons (Fsp3) is 0.333. The van der Waals surface area contributed by atoms with Gasteiger partial charge in [0.15, 0.2) is 5.65 Å². The lowest BCUT2D eigenvalue weighted by Gasteiger charge is -2.18. The molecular weight excluding hydrogens is 390 g/mol. The Balaban J connectivity index is 1.84. The lowest BCUT2D eigenvalue weighted by molar-refractivity contribution is 0.250. The number of carbonyl (C=O) groups is 1. The highest BCUT2D eigenvalue weighted by Crippen LogP contribution is 2.29. The molecule has 3 rings (SSSR count). The zero-order valence-corrected chi connectivity index (χ0v) is 17.3. The molecule has 0 spiro atoms. The van der Waals surface area contributed by atoms with Gasteiger partial charge in [0.2, 0.25) is 5.95 Å². The van der Waals surface area contributed by atoms with Crippen LogP contribution in [-0.4, -0.2) is 34.6 Å². The number of halogens is 2. The minimum Gasteiger partial charge on any atom is -0.357 e. The van der Waals surface area contributed by atoms with Gasteiger partial charge in [0.25, 0.3) is 0 Å². The van der Waals surface area contributed by atoms with E-state index in [2.05, 4.69) is 51.7 Å². The number of nitrogens with one attached hydrogen (secondary N) is 3. The Morgan fingerprint density at radius 1 is 1.07 bits per heavy atom. The molecule has 0 saturated carbocycles. The summed E-state index contributed by atoms with van der Waals surface area (Å²) in [5.41, 5.74) is 0.895. The van der Waals surface area contributed by atoms with Crippen molar-refractivity contribution in [2.24, 2.45) is 5.41 Å². The molecule has 3 N–H and O–H groups in total. The van der Waals surface area contributed by atoms with Gasteiger partial charge in [0.05, 0.1) is 5.69 Å². The number of hydrogen-bond acceptors (Lipinski definition) is 5. The van der Waals surface area contributed by atoms with Crippen LogP contribution >= 0.6 is 0 Å². The van der Waals surface area contributed by atoms with E-state index in [4.69, 9.17) is 0 Å². The van der Waals surface area contributed by atoms with E-state index in [1.807, 2.05) is 0 Å². The van der Waals surface area contributed by atoms with E-state index in [1.165, 1.54) is 12.3 Å². The highest BCUT2D eigenvalue weighted by Gasteiger charge is 2.16. The van der Waals surface area contributed by atoms with Gasteiger partial charge < -0.3 is 16.0 Å². The van der Waals surface area contributed by atoms with Crippen molar-refractivity contribution in [3.63, 3.8) is 0 Å². The molecule has 0 bridgehead atoms. The molecule has 9 heteroatoms. The summed E-state index contributed by atoms with van der Waals surface area (Å²) in [4.78, 5) is 24.7. The van der Waals surface area contributed by atoms with E-state index < -0.39 is 17.7 Å². The largest absolute Gasteiger partial charge is 0.357 e. The van der Waals surface area contributed by atoms with Crippen molar-refractivity contribution in [3.05, 3.63) is 42.2 Å². The van der Waals surface area contributed by atoms with Gasteiger partial charge in [-0.3, -0.25) is 0 Å². The first kappa shape index (κ1) is 21.4. The van der Waals surface area contributed by atoms with Crippen molar-refractivity contribution in [1.82, 2.24) is 20.3 Å². The lowest BCUT2D eigenvalue weighted by atomic mass is 9.92. The number of hydrogen-bond donors (Lipinski definition) is 3. The first-order valence-electron chi connectivity index (χ1n) is 9.51. The highest BCUT2D eigenvalue weighted by atomic mass is 19.1. The van der Waals surface area contributed by atoms with Gasteiger partial charge in [-0.15, -0.1) is 0 Å². The molecule has 3 aromatic rings. The maximum Gasteiger partial charge on any atom is 0.319 e. The van der Waals surface area contributed by atoms with Crippen LogP contribution in [0.1, 0.15) is 27.2 Å². The summed E-state index contributed by atoms with van der Waals surface area (Å²) in [5, 5.41) is 8.54. The van der Waals surface area contributed by atoms with Gasteiger partial charge in [-0.1, -0.05) is 20.8 Å². The maximum atomic E-state index is 14.5. The Morgan fingerprint density at radius 3 is 2.53 bits per heavy atom. The van der Waals surface area contributed by atoms with Gasteiger partial charge in [-0.25, -0.2) is 23.5 Å². The average molecular weight is 414 g/mol. The van der Waals surface area contributed by atoms with Crippen LogP contribution < -0.4 is 16.0 Å². The maximum absolute atomic E-state index is 14.5. The predicted molar refractivity (Wildman–Crippen MR) is 113 cm³/mol. The van der Waals surface area contributed by atoms with Crippen molar-refractivity contribution in [2.45, 2.75) is 27.2 Å². The second-order valence-electron chi connectivity index (χ2n) is 8.08. The summed E-state index contributed by atoms with van der Waals surface area (Å²) in [7, 11) is 1.69. The van der Waals surface area contributed by atoms with Gasteiger partial charge in [0, 0.05) is 48.6 Å². The molecule has 0 fully saturated rings. The van der Waals surface area contributed by atoms with Crippen LogP contribution in [0.4, 0.5) is 25.2 Å². The molecule has 7 nitrogen and oxygen atoms in total. The van der Waals surface area contributed by atoms with Crippen molar-refractivity contribution < 1.29 is 13.6 Å². The third kappa shape index (κ3) is 5.16. The number of benzene rings is 1. The summed E-state index contributed by atoms with van der Waals surface area (Å²) >= 11 is 0. The van der Waals surface area contributed by atoms with Crippen LogP contribution in [0.2, 0.25) is 0 Å². The minimum absolute atomic E-state index is 0.0579. The highest BCUT2D eigenvalue weighted by molar-refractivity contribution is 5.90. The molecule has 0 saturated heterocycles. The summed E-state index contributed by atoms with van der Waals surface area (Å²) in [6.07, 6.45) is 3.77. The number of amides is 2. The van der Waals surface area contributed by atoms with Crippen LogP contribution in [0, 0.1) is 17.0 Å². The molecule has 0 radical (unpaired) electrons. The Bertz CT molecular complexity index is 1080. The smallest absolute Gasteiger partial charge is 0.319 e. The third-order valence-corrected chi connectivity index (χ3v) is 4.43. The number of urea groups is 1. The number of nitrogens with zero attached hydrogens (tertiary/aromatic N) is 3. The topological polar surface area (TPSA) is 91.8 Å². The normalized spacial score (nSPS) is 11.4. The Labute approximate surface area is 173 Å². The second-order valence-corrected chi connectivity index (χ2v) is 8.08. The van der Waals surface area contributed by atoms with E-state index in [0.29, 0.717) is 29.1 Å². The monoisotopic (exact) mass is 414 g/mol. The number of aromatic nitrogens is 3. The predicted octanol–water partition coefficient (Wildman–Crippen LogP) is 4.57. The summed E-state index contributed by atoms with van der Waals surface area (Å²) in [5.74, 6) is -1.21. The van der Waals surface area contributed by atoms with Crippen LogP contribution in [0.5, 0.6) is 0 Å². The van der Waals surface area contributed by atoms with Crippen molar-refractivity contribution in [3.8, 4) is 11.1 Å². The van der Waals surface area contributed by atoms with Crippen molar-refractivity contribution in [1.29, 1.82) is 0 Å². The van der Waals surface area contributed by atoms with Gasteiger partial charge in [0.1, 0.15) is 11.6 Å². The van der Waals surface area contributed by atoms with E-state index in [9.17, 15) is 13.6 Å². The van der Waals surface area contributed by atoms with Crippen LogP contribution in [-0.2, 0) is 0 Å². The minimum atomic E-state index is -0.863. The molecular formula is C21H24F2N6O. The van der Waals surface area contributed by atoms with Gasteiger partial charge in [-0.2, -0.15) is 4.98 Å². The molecule has 2 heterocycles. The SMILES string of the molecule is CNc1ncc2cc(-c3cc(NC(=O)NCCC(C)(C)C)c(F)cc3F)cnc2n1. The number of fused-ring (bicyclic) bond motifs is 1. The fourth-order valence-corrected chi connectivity index (χ4v) is 2.77. The number of rotatable bonds is 5. The summed E-state index contributed by atoms with van der Waals surface area (Å²) in [6.45, 7) is 6.61. The van der Waals surface area contributed by atoms with Crippen LogP contribution in [0.15, 0.2) is 30.6 Å². The molecule has 158 valence electrons. The third-order valence-electron chi connectivity index (χ3n) is 4.43.